The number of rotatable bonds is 10. The van der Waals surface area contributed by atoms with Gasteiger partial charge in [-0.2, -0.15) is 0 Å². The highest BCUT2D eigenvalue weighted by molar-refractivity contribution is 5.76. The molecule has 4 nitrogen and oxygen atoms in total. The van der Waals surface area contributed by atoms with Crippen molar-refractivity contribution in [2.24, 2.45) is 10.7 Å². The third kappa shape index (κ3) is 14.3. The van der Waals surface area contributed by atoms with E-state index in [1.807, 2.05) is 19.2 Å². The maximum atomic E-state index is 4.55. The molecule has 0 aromatic carbocycles. The summed E-state index contributed by atoms with van der Waals surface area (Å²) in [6.07, 6.45) is 17.3. The summed E-state index contributed by atoms with van der Waals surface area (Å²) < 4.78 is 0. The number of hydrogen-bond donors (Lipinski definition) is 3. The molecule has 0 aromatic rings. The number of unbranched alkanes of at least 4 members (excludes halogenated alkanes) is 2. The Hall–Kier alpha value is -1.49. The standard InChI is InChI=1S/C17H27N3.C5H12.CH5N/c1-5-9-15-10-11-17(4,14-19-16(15)6-2)20-13-8-12-18-7-3;1-3-5-4-2;1-2/h5-6,9-11,14,18,20H,2,7-8,12-13H2,1,3-4H3;3-5H2,1-2H3;2H2,1H3/b9-5-;;. The summed E-state index contributed by atoms with van der Waals surface area (Å²) in [5, 5.41) is 6.87. The van der Waals surface area contributed by atoms with Crippen LogP contribution in [0.3, 0.4) is 0 Å². The van der Waals surface area contributed by atoms with Crippen LogP contribution in [0.2, 0.25) is 0 Å². The molecule has 0 amide bonds. The van der Waals surface area contributed by atoms with Gasteiger partial charge in [0.15, 0.2) is 0 Å². The van der Waals surface area contributed by atoms with Crippen LogP contribution in [0.5, 0.6) is 0 Å². The van der Waals surface area contributed by atoms with Gasteiger partial charge < -0.3 is 16.4 Å². The van der Waals surface area contributed by atoms with Gasteiger partial charge >= 0.3 is 0 Å². The number of allylic oxidation sites excluding steroid dienone is 5. The van der Waals surface area contributed by atoms with E-state index in [1.54, 1.807) is 6.08 Å². The van der Waals surface area contributed by atoms with Crippen LogP contribution in [0.1, 0.15) is 60.3 Å². The van der Waals surface area contributed by atoms with Gasteiger partial charge in [0.25, 0.3) is 0 Å². The third-order valence-electron chi connectivity index (χ3n) is 3.91. The van der Waals surface area contributed by atoms with Gasteiger partial charge in [0.1, 0.15) is 0 Å². The number of aliphatic imine (C=N–C) groups is 1. The molecule has 156 valence electrons. The van der Waals surface area contributed by atoms with Gasteiger partial charge in [-0.1, -0.05) is 70.9 Å². The predicted octanol–water partition coefficient (Wildman–Crippen LogP) is 4.76. The Morgan fingerprint density at radius 3 is 2.30 bits per heavy atom. The average Bonchev–Trinajstić information content (AvgIpc) is 2.84. The van der Waals surface area contributed by atoms with E-state index in [2.05, 4.69) is 73.9 Å². The second-order valence-corrected chi connectivity index (χ2v) is 6.41. The van der Waals surface area contributed by atoms with Crippen molar-refractivity contribution in [3.8, 4) is 0 Å². The highest BCUT2D eigenvalue weighted by Gasteiger charge is 2.19. The van der Waals surface area contributed by atoms with E-state index in [0.29, 0.717) is 0 Å². The zero-order valence-corrected chi connectivity index (χ0v) is 18.6. The first-order valence-electron chi connectivity index (χ1n) is 10.3. The summed E-state index contributed by atoms with van der Waals surface area (Å²) in [6, 6.07) is 0. The maximum Gasteiger partial charge on any atom is 0.0698 e. The highest BCUT2D eigenvalue weighted by Crippen LogP contribution is 2.18. The summed E-state index contributed by atoms with van der Waals surface area (Å²) in [4.78, 5) is 4.55. The van der Waals surface area contributed by atoms with Crippen molar-refractivity contribution in [2.75, 3.05) is 26.7 Å². The Labute approximate surface area is 168 Å². The Bertz CT molecular complexity index is 473. The van der Waals surface area contributed by atoms with Crippen LogP contribution in [0.4, 0.5) is 0 Å². The molecule has 0 radical (unpaired) electrons. The normalized spacial score (nSPS) is 18.5. The molecule has 1 unspecified atom stereocenters. The Morgan fingerprint density at radius 1 is 1.15 bits per heavy atom. The van der Waals surface area contributed by atoms with Crippen molar-refractivity contribution in [1.29, 1.82) is 0 Å². The molecule has 1 rings (SSSR count). The van der Waals surface area contributed by atoms with E-state index >= 15 is 0 Å². The summed E-state index contributed by atoms with van der Waals surface area (Å²) in [5.41, 5.74) is 6.30. The minimum Gasteiger partial charge on any atom is -0.333 e. The lowest BCUT2D eigenvalue weighted by Crippen LogP contribution is -2.43. The van der Waals surface area contributed by atoms with Gasteiger partial charge in [-0.25, -0.2) is 0 Å². The summed E-state index contributed by atoms with van der Waals surface area (Å²) in [5.74, 6) is 0. The zero-order chi connectivity index (χ0) is 21.0. The topological polar surface area (TPSA) is 62.4 Å². The van der Waals surface area contributed by atoms with Crippen LogP contribution in [0.25, 0.3) is 0 Å². The molecule has 0 aromatic heterocycles. The van der Waals surface area contributed by atoms with Crippen molar-refractivity contribution in [3.63, 3.8) is 0 Å². The number of hydrogen-bond acceptors (Lipinski definition) is 4. The summed E-state index contributed by atoms with van der Waals surface area (Å²) >= 11 is 0. The second-order valence-electron chi connectivity index (χ2n) is 6.41. The van der Waals surface area contributed by atoms with Crippen molar-refractivity contribution in [1.82, 2.24) is 10.6 Å². The fourth-order valence-corrected chi connectivity index (χ4v) is 2.37. The zero-order valence-electron chi connectivity index (χ0n) is 18.6. The Kier molecular flexibility index (Phi) is 19.8. The molecule has 0 aliphatic carbocycles. The summed E-state index contributed by atoms with van der Waals surface area (Å²) in [7, 11) is 1.50. The second kappa shape index (κ2) is 19.3. The predicted molar refractivity (Wildman–Crippen MR) is 125 cm³/mol. The largest absolute Gasteiger partial charge is 0.333 e. The molecule has 1 aliphatic heterocycles. The molecule has 27 heavy (non-hydrogen) atoms. The molecule has 1 atom stereocenters. The smallest absolute Gasteiger partial charge is 0.0698 e. The average molecular weight is 377 g/mol. The SMILES string of the molecule is C=CC1=C(/C=C\C)C=CC(C)(NCCCNCC)C=N1.CCCCC.CN. The lowest BCUT2D eigenvalue weighted by Gasteiger charge is -2.22. The lowest BCUT2D eigenvalue weighted by molar-refractivity contribution is 0.533. The van der Waals surface area contributed by atoms with E-state index in [1.165, 1.54) is 26.3 Å². The van der Waals surface area contributed by atoms with Crippen molar-refractivity contribution < 1.29 is 0 Å². The first-order chi connectivity index (χ1) is 13.1. The summed E-state index contributed by atoms with van der Waals surface area (Å²) in [6.45, 7) is 17.6. The first-order valence-corrected chi connectivity index (χ1v) is 10.3. The van der Waals surface area contributed by atoms with Gasteiger partial charge in [-0.05, 0) is 58.6 Å². The lowest BCUT2D eigenvalue weighted by atomic mass is 10.0. The quantitative estimate of drug-likeness (QED) is 0.482. The van der Waals surface area contributed by atoms with Crippen molar-refractivity contribution >= 4 is 6.21 Å². The van der Waals surface area contributed by atoms with E-state index in [-0.39, 0.29) is 5.54 Å². The van der Waals surface area contributed by atoms with Crippen LogP contribution in [-0.2, 0) is 0 Å². The minimum atomic E-state index is -0.205. The molecular weight excluding hydrogens is 332 g/mol. The van der Waals surface area contributed by atoms with Crippen LogP contribution in [-0.4, -0.2) is 38.4 Å². The van der Waals surface area contributed by atoms with Crippen LogP contribution in [0, 0.1) is 0 Å². The number of nitrogens with two attached hydrogens (primary N) is 1. The number of nitrogens with zero attached hydrogens (tertiary/aromatic N) is 1. The van der Waals surface area contributed by atoms with E-state index in [4.69, 9.17) is 0 Å². The van der Waals surface area contributed by atoms with Gasteiger partial charge in [-0.15, -0.1) is 0 Å². The van der Waals surface area contributed by atoms with Crippen molar-refractivity contribution in [3.05, 3.63) is 48.2 Å². The highest BCUT2D eigenvalue weighted by atomic mass is 15.0. The van der Waals surface area contributed by atoms with Crippen LogP contribution >= 0.6 is 0 Å². The third-order valence-corrected chi connectivity index (χ3v) is 3.91. The van der Waals surface area contributed by atoms with Gasteiger partial charge in [0.05, 0.1) is 11.2 Å². The van der Waals surface area contributed by atoms with Gasteiger partial charge in [0, 0.05) is 6.21 Å². The van der Waals surface area contributed by atoms with Gasteiger partial charge in [0.2, 0.25) is 0 Å². The number of nitrogens with one attached hydrogen (secondary N) is 2. The fourth-order valence-electron chi connectivity index (χ4n) is 2.37. The molecule has 0 spiro atoms. The monoisotopic (exact) mass is 376 g/mol. The molecule has 1 heterocycles. The molecule has 0 bridgehead atoms. The Morgan fingerprint density at radius 2 is 1.81 bits per heavy atom. The van der Waals surface area contributed by atoms with E-state index in [0.717, 1.165) is 37.3 Å². The maximum absolute atomic E-state index is 4.55. The van der Waals surface area contributed by atoms with Crippen molar-refractivity contribution in [2.45, 2.75) is 65.8 Å². The van der Waals surface area contributed by atoms with E-state index in [9.17, 15) is 0 Å². The molecule has 0 saturated heterocycles. The molecule has 1 aliphatic rings. The van der Waals surface area contributed by atoms with Crippen LogP contribution in [0.15, 0.2) is 53.2 Å². The van der Waals surface area contributed by atoms with E-state index < -0.39 is 0 Å². The Balaban J connectivity index is 0. The molecule has 4 N–H and O–H groups in total. The van der Waals surface area contributed by atoms with Crippen LogP contribution < -0.4 is 16.4 Å². The molecular formula is C23H44N4. The minimum absolute atomic E-state index is 0.205. The molecule has 0 fully saturated rings. The first kappa shape index (κ1) is 27.7. The van der Waals surface area contributed by atoms with Gasteiger partial charge in [-0.3, -0.25) is 4.99 Å². The molecule has 4 heteroatoms. The molecule has 0 saturated carbocycles. The fraction of sp³-hybridized carbons (Fsp3) is 0.609.